The van der Waals surface area contributed by atoms with Crippen molar-refractivity contribution in [1.82, 2.24) is 15.6 Å². The maximum absolute atomic E-state index is 12.6. The fourth-order valence-electron chi connectivity index (χ4n) is 1.84. The van der Waals surface area contributed by atoms with Crippen LogP contribution in [0.4, 0.5) is 9.18 Å². The lowest BCUT2D eigenvalue weighted by Gasteiger charge is -2.16. The van der Waals surface area contributed by atoms with E-state index >= 15 is 0 Å². The Bertz CT molecular complexity index is 589. The minimum Gasteiger partial charge on any atom is -0.487 e. The third kappa shape index (κ3) is 3.91. The summed E-state index contributed by atoms with van der Waals surface area (Å²) in [4.78, 5) is 25.9. The molecule has 0 atom stereocenters. The summed E-state index contributed by atoms with van der Waals surface area (Å²) in [5.74, 6) is 0.177. The summed E-state index contributed by atoms with van der Waals surface area (Å²) in [6, 6.07) is 1.68. The number of carboxylic acid groups (broad SMARTS) is 1. The SMILES string of the molecule is O=C(O)NC/C(=C/F)COc1cnc2c(c1)CCNC2=O. The van der Waals surface area contributed by atoms with Crippen LogP contribution in [-0.4, -0.2) is 41.8 Å². The standard InChI is InChI=1S/C13H14FN3O4/c14-4-8(5-17-13(19)20)7-21-10-3-9-1-2-15-12(18)11(9)16-6-10/h3-4,6,17H,1-2,5,7H2,(H,15,18)(H,19,20)/b8-4-. The number of hydrogen-bond donors (Lipinski definition) is 3. The molecule has 0 radical (unpaired) electrons. The number of ether oxygens (including phenoxy) is 1. The van der Waals surface area contributed by atoms with E-state index in [-0.39, 0.29) is 24.6 Å². The first-order valence-corrected chi connectivity index (χ1v) is 6.25. The van der Waals surface area contributed by atoms with Crippen LogP contribution in [0, 0.1) is 0 Å². The van der Waals surface area contributed by atoms with Crippen LogP contribution in [-0.2, 0) is 6.42 Å². The van der Waals surface area contributed by atoms with Crippen molar-refractivity contribution in [1.29, 1.82) is 0 Å². The number of aromatic nitrogens is 1. The molecule has 0 saturated carbocycles. The van der Waals surface area contributed by atoms with Crippen LogP contribution in [0.1, 0.15) is 16.1 Å². The number of carbonyl (C=O) groups is 2. The lowest BCUT2D eigenvalue weighted by Crippen LogP contribution is -2.32. The fraction of sp³-hybridized carbons (Fsp3) is 0.308. The lowest BCUT2D eigenvalue weighted by atomic mass is 10.1. The second kappa shape index (κ2) is 6.69. The Hall–Kier alpha value is -2.64. The molecule has 8 heteroatoms. The van der Waals surface area contributed by atoms with Crippen molar-refractivity contribution < 1.29 is 23.8 Å². The third-order valence-electron chi connectivity index (χ3n) is 2.88. The fourth-order valence-corrected chi connectivity index (χ4v) is 1.84. The van der Waals surface area contributed by atoms with E-state index in [2.05, 4.69) is 10.3 Å². The van der Waals surface area contributed by atoms with Crippen molar-refractivity contribution >= 4 is 12.0 Å². The maximum atomic E-state index is 12.6. The van der Waals surface area contributed by atoms with Gasteiger partial charge in [-0.15, -0.1) is 0 Å². The van der Waals surface area contributed by atoms with Crippen molar-refractivity contribution in [3.63, 3.8) is 0 Å². The van der Waals surface area contributed by atoms with Gasteiger partial charge in [-0.2, -0.15) is 0 Å². The number of amides is 2. The zero-order valence-corrected chi connectivity index (χ0v) is 11.1. The Kier molecular flexibility index (Phi) is 4.70. The molecule has 0 aromatic carbocycles. The van der Waals surface area contributed by atoms with Gasteiger partial charge in [0.15, 0.2) is 0 Å². The molecule has 2 heterocycles. The van der Waals surface area contributed by atoms with Crippen molar-refractivity contribution in [3.8, 4) is 5.75 Å². The molecule has 1 aromatic rings. The summed E-state index contributed by atoms with van der Waals surface area (Å²) < 4.78 is 17.9. The van der Waals surface area contributed by atoms with E-state index in [1.165, 1.54) is 6.20 Å². The van der Waals surface area contributed by atoms with E-state index < -0.39 is 6.09 Å². The van der Waals surface area contributed by atoms with E-state index in [9.17, 15) is 14.0 Å². The minimum atomic E-state index is -1.24. The van der Waals surface area contributed by atoms with E-state index in [4.69, 9.17) is 9.84 Å². The van der Waals surface area contributed by atoms with Crippen LogP contribution >= 0.6 is 0 Å². The maximum Gasteiger partial charge on any atom is 0.404 e. The molecule has 21 heavy (non-hydrogen) atoms. The van der Waals surface area contributed by atoms with Crippen LogP contribution in [0.25, 0.3) is 0 Å². The molecule has 0 unspecified atom stereocenters. The van der Waals surface area contributed by atoms with Gasteiger partial charge in [0.2, 0.25) is 0 Å². The molecule has 1 aliphatic rings. The molecule has 1 aliphatic heterocycles. The Morgan fingerprint density at radius 2 is 2.43 bits per heavy atom. The number of pyridine rings is 1. The third-order valence-corrected chi connectivity index (χ3v) is 2.88. The predicted octanol–water partition coefficient (Wildman–Crippen LogP) is 0.867. The van der Waals surface area contributed by atoms with Crippen molar-refractivity contribution in [2.75, 3.05) is 19.7 Å². The molecule has 0 fully saturated rings. The highest BCUT2D eigenvalue weighted by Gasteiger charge is 2.18. The Balaban J connectivity index is 1.97. The van der Waals surface area contributed by atoms with Gasteiger partial charge in [0, 0.05) is 18.7 Å². The number of fused-ring (bicyclic) bond motifs is 1. The quantitative estimate of drug-likeness (QED) is 0.748. The molecule has 0 saturated heterocycles. The molecular weight excluding hydrogens is 281 g/mol. The molecule has 112 valence electrons. The zero-order valence-electron chi connectivity index (χ0n) is 11.1. The highest BCUT2D eigenvalue weighted by Crippen LogP contribution is 2.18. The van der Waals surface area contributed by atoms with Crippen molar-refractivity contribution in [2.45, 2.75) is 6.42 Å². The number of rotatable bonds is 5. The van der Waals surface area contributed by atoms with Gasteiger partial charge in [0.1, 0.15) is 18.1 Å². The average molecular weight is 295 g/mol. The zero-order chi connectivity index (χ0) is 15.2. The van der Waals surface area contributed by atoms with Crippen LogP contribution in [0.15, 0.2) is 24.2 Å². The number of nitrogens with zero attached hydrogens (tertiary/aromatic N) is 1. The highest BCUT2D eigenvalue weighted by atomic mass is 19.1. The second-order valence-electron chi connectivity index (χ2n) is 4.40. The van der Waals surface area contributed by atoms with Gasteiger partial charge in [-0.05, 0) is 18.1 Å². The van der Waals surface area contributed by atoms with Crippen LogP contribution in [0.5, 0.6) is 5.75 Å². The van der Waals surface area contributed by atoms with Gasteiger partial charge >= 0.3 is 6.09 Å². The average Bonchev–Trinajstić information content (AvgIpc) is 2.47. The van der Waals surface area contributed by atoms with Gasteiger partial charge in [-0.1, -0.05) is 0 Å². The first-order chi connectivity index (χ1) is 10.1. The summed E-state index contributed by atoms with van der Waals surface area (Å²) in [6.07, 6.45) is 1.09. The lowest BCUT2D eigenvalue weighted by molar-refractivity contribution is 0.0940. The molecule has 3 N–H and O–H groups in total. The summed E-state index contributed by atoms with van der Waals surface area (Å²) in [5.41, 5.74) is 1.28. The van der Waals surface area contributed by atoms with Crippen LogP contribution < -0.4 is 15.4 Å². The molecule has 0 bridgehead atoms. The predicted molar refractivity (Wildman–Crippen MR) is 71.0 cm³/mol. The molecule has 0 aliphatic carbocycles. The Morgan fingerprint density at radius 1 is 1.62 bits per heavy atom. The molecule has 0 spiro atoms. The monoisotopic (exact) mass is 295 g/mol. The highest BCUT2D eigenvalue weighted by molar-refractivity contribution is 5.94. The molecule has 1 aromatic heterocycles. The first kappa shape index (κ1) is 14.8. The number of halogens is 1. The van der Waals surface area contributed by atoms with E-state index in [1.54, 1.807) is 6.07 Å². The molecule has 7 nitrogen and oxygen atoms in total. The van der Waals surface area contributed by atoms with Crippen molar-refractivity contribution in [3.05, 3.63) is 35.4 Å². The van der Waals surface area contributed by atoms with Crippen molar-refractivity contribution in [2.24, 2.45) is 0 Å². The summed E-state index contributed by atoms with van der Waals surface area (Å²) >= 11 is 0. The normalized spacial score (nSPS) is 14.1. The number of carbonyl (C=O) groups excluding carboxylic acids is 1. The van der Waals surface area contributed by atoms with Gasteiger partial charge in [0.05, 0.1) is 12.5 Å². The molecule has 2 amide bonds. The van der Waals surface area contributed by atoms with Gasteiger partial charge in [-0.3, -0.25) is 4.79 Å². The van der Waals surface area contributed by atoms with E-state index in [0.29, 0.717) is 30.7 Å². The van der Waals surface area contributed by atoms with E-state index in [0.717, 1.165) is 5.56 Å². The van der Waals surface area contributed by atoms with Gasteiger partial charge < -0.3 is 20.5 Å². The smallest absolute Gasteiger partial charge is 0.404 e. The number of nitrogens with one attached hydrogen (secondary N) is 2. The Morgan fingerprint density at radius 3 is 3.14 bits per heavy atom. The van der Waals surface area contributed by atoms with Gasteiger partial charge in [0.25, 0.3) is 5.91 Å². The largest absolute Gasteiger partial charge is 0.487 e. The first-order valence-electron chi connectivity index (χ1n) is 6.25. The minimum absolute atomic E-state index is 0.108. The topological polar surface area (TPSA) is 101 Å². The van der Waals surface area contributed by atoms with Gasteiger partial charge in [-0.25, -0.2) is 14.2 Å². The molecular formula is C13H14FN3O4. The van der Waals surface area contributed by atoms with Crippen LogP contribution in [0.3, 0.4) is 0 Å². The summed E-state index contributed by atoms with van der Waals surface area (Å²) in [5, 5.41) is 13.2. The Labute approximate surface area is 119 Å². The van der Waals surface area contributed by atoms with E-state index in [1.807, 2.05) is 5.32 Å². The molecule has 2 rings (SSSR count). The second-order valence-corrected chi connectivity index (χ2v) is 4.40. The number of hydrogen-bond acceptors (Lipinski definition) is 4. The van der Waals surface area contributed by atoms with Crippen LogP contribution in [0.2, 0.25) is 0 Å². The summed E-state index contributed by atoms with van der Waals surface area (Å²) in [6.45, 7) is 0.269. The summed E-state index contributed by atoms with van der Waals surface area (Å²) in [7, 11) is 0.